The highest BCUT2D eigenvalue weighted by Gasteiger charge is 2.23. The van der Waals surface area contributed by atoms with Crippen molar-refractivity contribution in [3.63, 3.8) is 0 Å². The molecule has 2 amide bonds. The number of halogens is 1. The van der Waals surface area contributed by atoms with Crippen LogP contribution in [0.3, 0.4) is 0 Å². The van der Waals surface area contributed by atoms with Crippen LogP contribution < -0.4 is 16.0 Å². The molecule has 0 aromatic carbocycles. The summed E-state index contributed by atoms with van der Waals surface area (Å²) in [5, 5.41) is 7.92. The van der Waals surface area contributed by atoms with Gasteiger partial charge in [-0.25, -0.2) is 4.98 Å². The van der Waals surface area contributed by atoms with Crippen LogP contribution in [0.15, 0.2) is 18.3 Å². The number of rotatable bonds is 2. The van der Waals surface area contributed by atoms with Gasteiger partial charge in [-0.2, -0.15) is 4.39 Å². The van der Waals surface area contributed by atoms with Gasteiger partial charge in [-0.15, -0.1) is 0 Å². The molecule has 17 heavy (non-hydrogen) atoms. The Kier molecular flexibility index (Phi) is 3.29. The van der Waals surface area contributed by atoms with Crippen molar-refractivity contribution in [2.75, 3.05) is 18.4 Å². The Labute approximate surface area is 96.6 Å². The number of nitrogens with zero attached hydrogens (tertiary/aromatic N) is 1. The molecule has 2 rings (SSSR count). The molecule has 6 nitrogen and oxygen atoms in total. The Morgan fingerprint density at radius 1 is 1.53 bits per heavy atom. The van der Waals surface area contributed by atoms with E-state index in [9.17, 15) is 14.0 Å². The third-order valence-corrected chi connectivity index (χ3v) is 2.32. The van der Waals surface area contributed by atoms with E-state index in [0.29, 0.717) is 5.69 Å². The largest absolute Gasteiger partial charge is 0.353 e. The Hall–Kier alpha value is -2.02. The van der Waals surface area contributed by atoms with Gasteiger partial charge in [0.25, 0.3) is 0 Å². The van der Waals surface area contributed by atoms with Crippen LogP contribution in [-0.4, -0.2) is 35.9 Å². The van der Waals surface area contributed by atoms with Gasteiger partial charge in [-0.05, 0) is 12.1 Å². The Bertz CT molecular complexity index is 424. The SMILES string of the molecule is O=C1CNC(C(=O)Nc2ccc(F)nc2)CN1. The first-order chi connectivity index (χ1) is 8.15. The van der Waals surface area contributed by atoms with E-state index in [-0.39, 0.29) is 24.9 Å². The summed E-state index contributed by atoms with van der Waals surface area (Å²) >= 11 is 0. The summed E-state index contributed by atoms with van der Waals surface area (Å²) in [6.07, 6.45) is 1.23. The zero-order valence-electron chi connectivity index (χ0n) is 8.87. The van der Waals surface area contributed by atoms with Crippen molar-refractivity contribution < 1.29 is 14.0 Å². The first-order valence-corrected chi connectivity index (χ1v) is 5.07. The van der Waals surface area contributed by atoms with Gasteiger partial charge in [0.05, 0.1) is 18.4 Å². The number of pyridine rings is 1. The number of hydrogen-bond acceptors (Lipinski definition) is 4. The van der Waals surface area contributed by atoms with Crippen molar-refractivity contribution in [3.8, 4) is 0 Å². The zero-order valence-corrected chi connectivity index (χ0v) is 8.87. The molecule has 1 aliphatic heterocycles. The number of piperazine rings is 1. The smallest absolute Gasteiger partial charge is 0.243 e. The molecule has 3 N–H and O–H groups in total. The van der Waals surface area contributed by atoms with Gasteiger partial charge in [-0.1, -0.05) is 0 Å². The van der Waals surface area contributed by atoms with Crippen LogP contribution in [0.25, 0.3) is 0 Å². The summed E-state index contributed by atoms with van der Waals surface area (Å²) in [7, 11) is 0. The van der Waals surface area contributed by atoms with Gasteiger partial charge in [0.15, 0.2) is 0 Å². The van der Waals surface area contributed by atoms with Crippen LogP contribution in [0.4, 0.5) is 10.1 Å². The maximum absolute atomic E-state index is 12.5. The Morgan fingerprint density at radius 2 is 2.35 bits per heavy atom. The molecule has 0 saturated carbocycles. The lowest BCUT2D eigenvalue weighted by molar-refractivity contribution is -0.124. The van der Waals surface area contributed by atoms with Gasteiger partial charge in [0.2, 0.25) is 17.8 Å². The molecule has 0 spiro atoms. The van der Waals surface area contributed by atoms with E-state index < -0.39 is 12.0 Å². The minimum atomic E-state index is -0.606. The molecule has 1 aromatic rings. The predicted octanol–water partition coefficient (Wildman–Crippen LogP) is -0.753. The molecule has 0 radical (unpaired) electrons. The number of hydrogen-bond donors (Lipinski definition) is 3. The maximum Gasteiger partial charge on any atom is 0.243 e. The zero-order chi connectivity index (χ0) is 12.3. The molecule has 2 heterocycles. The second-order valence-electron chi connectivity index (χ2n) is 3.60. The first-order valence-electron chi connectivity index (χ1n) is 5.07. The number of amides is 2. The van der Waals surface area contributed by atoms with Gasteiger partial charge in [-0.3, -0.25) is 14.9 Å². The lowest BCUT2D eigenvalue weighted by atomic mass is 10.2. The monoisotopic (exact) mass is 238 g/mol. The fourth-order valence-corrected chi connectivity index (χ4v) is 1.43. The molecule has 0 bridgehead atoms. The van der Waals surface area contributed by atoms with Gasteiger partial charge >= 0.3 is 0 Å². The number of carbonyl (C=O) groups excluding carboxylic acids is 2. The average molecular weight is 238 g/mol. The van der Waals surface area contributed by atoms with E-state index in [2.05, 4.69) is 20.9 Å². The highest BCUT2D eigenvalue weighted by atomic mass is 19.1. The number of carbonyl (C=O) groups is 2. The first kappa shape index (κ1) is 11.5. The van der Waals surface area contributed by atoms with Crippen molar-refractivity contribution in [1.82, 2.24) is 15.6 Å². The molecule has 1 fully saturated rings. The minimum absolute atomic E-state index is 0.111. The van der Waals surface area contributed by atoms with E-state index in [4.69, 9.17) is 0 Å². The summed E-state index contributed by atoms with van der Waals surface area (Å²) < 4.78 is 12.5. The van der Waals surface area contributed by atoms with E-state index in [1.54, 1.807) is 0 Å². The fraction of sp³-hybridized carbons (Fsp3) is 0.300. The molecule has 1 saturated heterocycles. The van der Waals surface area contributed by atoms with E-state index in [1.165, 1.54) is 12.3 Å². The van der Waals surface area contributed by atoms with Crippen molar-refractivity contribution in [2.45, 2.75) is 6.04 Å². The van der Waals surface area contributed by atoms with Crippen molar-refractivity contribution in [3.05, 3.63) is 24.3 Å². The van der Waals surface area contributed by atoms with Crippen molar-refractivity contribution in [2.24, 2.45) is 0 Å². The molecule has 1 aliphatic rings. The summed E-state index contributed by atoms with van der Waals surface area (Å²) in [5.41, 5.74) is 0.412. The molecule has 1 unspecified atom stereocenters. The highest BCUT2D eigenvalue weighted by molar-refractivity contribution is 5.96. The summed E-state index contributed by atoms with van der Waals surface area (Å²) in [4.78, 5) is 26.0. The van der Waals surface area contributed by atoms with E-state index >= 15 is 0 Å². The topological polar surface area (TPSA) is 83.1 Å². The van der Waals surface area contributed by atoms with Gasteiger partial charge in [0, 0.05) is 6.54 Å². The molecule has 0 aliphatic carbocycles. The average Bonchev–Trinajstić information content (AvgIpc) is 2.33. The van der Waals surface area contributed by atoms with Gasteiger partial charge < -0.3 is 10.6 Å². The van der Waals surface area contributed by atoms with Crippen LogP contribution in [0.5, 0.6) is 0 Å². The third-order valence-electron chi connectivity index (χ3n) is 2.32. The lowest BCUT2D eigenvalue weighted by Gasteiger charge is -2.22. The standard InChI is InChI=1S/C10H11FN4O2/c11-8-2-1-6(3-13-8)15-10(17)7-4-14-9(16)5-12-7/h1-3,7,12H,4-5H2,(H,14,16)(H,15,17). The Balaban J connectivity index is 1.92. The van der Waals surface area contributed by atoms with Crippen LogP contribution in [0, 0.1) is 5.95 Å². The second kappa shape index (κ2) is 4.88. The summed E-state index contributed by atoms with van der Waals surface area (Å²) in [6, 6.07) is 2.09. The second-order valence-corrected chi connectivity index (χ2v) is 3.60. The molecular formula is C10H11FN4O2. The maximum atomic E-state index is 12.5. The quantitative estimate of drug-likeness (QED) is 0.592. The fourth-order valence-electron chi connectivity index (χ4n) is 1.43. The van der Waals surface area contributed by atoms with Crippen LogP contribution in [0.2, 0.25) is 0 Å². The molecule has 90 valence electrons. The normalized spacial score (nSPS) is 19.6. The third kappa shape index (κ3) is 2.97. The van der Waals surface area contributed by atoms with Crippen molar-refractivity contribution in [1.29, 1.82) is 0 Å². The Morgan fingerprint density at radius 3 is 2.94 bits per heavy atom. The van der Waals surface area contributed by atoms with Crippen LogP contribution in [0.1, 0.15) is 0 Å². The predicted molar refractivity (Wildman–Crippen MR) is 57.6 cm³/mol. The number of aromatic nitrogens is 1. The van der Waals surface area contributed by atoms with Crippen molar-refractivity contribution >= 4 is 17.5 Å². The molecular weight excluding hydrogens is 227 g/mol. The van der Waals surface area contributed by atoms with E-state index in [1.807, 2.05) is 0 Å². The van der Waals surface area contributed by atoms with Crippen LogP contribution >= 0.6 is 0 Å². The van der Waals surface area contributed by atoms with Crippen LogP contribution in [-0.2, 0) is 9.59 Å². The summed E-state index contributed by atoms with van der Waals surface area (Å²) in [5.74, 6) is -1.04. The van der Waals surface area contributed by atoms with Gasteiger partial charge in [0.1, 0.15) is 6.04 Å². The molecule has 1 aromatic heterocycles. The van der Waals surface area contributed by atoms with E-state index in [0.717, 1.165) is 6.07 Å². The number of nitrogens with one attached hydrogen (secondary N) is 3. The number of anilines is 1. The highest BCUT2D eigenvalue weighted by Crippen LogP contribution is 2.05. The summed E-state index contributed by atoms with van der Waals surface area (Å²) in [6.45, 7) is 0.346. The molecule has 1 atom stereocenters. The minimum Gasteiger partial charge on any atom is -0.353 e. The lowest BCUT2D eigenvalue weighted by Crippen LogP contribution is -2.56. The molecule has 7 heteroatoms.